The summed E-state index contributed by atoms with van der Waals surface area (Å²) >= 11 is 0.611. The van der Waals surface area contributed by atoms with Gasteiger partial charge in [-0.25, -0.2) is 9.59 Å². The summed E-state index contributed by atoms with van der Waals surface area (Å²) in [7, 11) is 2.05. The average molecular weight is 665 g/mol. The number of rotatable bonds is 9. The van der Waals surface area contributed by atoms with Crippen molar-refractivity contribution >= 4 is 11.9 Å². The van der Waals surface area contributed by atoms with E-state index in [1.165, 1.54) is 38.5 Å². The van der Waals surface area contributed by atoms with Gasteiger partial charge in [-0.2, -0.15) is 12.1 Å². The van der Waals surface area contributed by atoms with Crippen LogP contribution in [0, 0.1) is 10.8 Å². The Labute approximate surface area is 216 Å². The van der Waals surface area contributed by atoms with Crippen LogP contribution in [0.15, 0.2) is 0 Å². The van der Waals surface area contributed by atoms with Gasteiger partial charge < -0.3 is 30.3 Å². The molecule has 4 atom stereocenters. The molecule has 10 heteroatoms. The van der Waals surface area contributed by atoms with E-state index in [2.05, 4.69) is 51.0 Å². The molecule has 0 amide bonds. The molecule has 0 saturated heterocycles. The Bertz CT molecular complexity index is 517. The van der Waals surface area contributed by atoms with Gasteiger partial charge in [-0.15, -0.1) is 13.1 Å². The fourth-order valence-electron chi connectivity index (χ4n) is 3.15. The maximum absolute atomic E-state index is 10.5. The van der Waals surface area contributed by atoms with Gasteiger partial charge in [-0.3, -0.25) is 0 Å². The molecule has 0 aliphatic heterocycles. The molecule has 1 aliphatic carbocycles. The van der Waals surface area contributed by atoms with Crippen LogP contribution in [0.1, 0.15) is 80.1 Å². The summed E-state index contributed by atoms with van der Waals surface area (Å²) in [5, 5.41) is 27.7. The Hall–Kier alpha value is -0.784. The molecule has 9 nitrogen and oxygen atoms in total. The number of carbonyl (C=O) groups excluding carboxylic acids is 2. The molecule has 0 heterocycles. The molecular weight excluding hydrogens is 619 g/mol. The van der Waals surface area contributed by atoms with Crippen LogP contribution in [0.25, 0.3) is 10.6 Å². The van der Waals surface area contributed by atoms with Crippen molar-refractivity contribution < 1.29 is 51.4 Å². The summed E-state index contributed by atoms with van der Waals surface area (Å²) in [6.45, 7) is 15.8. The van der Waals surface area contributed by atoms with E-state index in [0.29, 0.717) is 41.5 Å². The van der Waals surface area contributed by atoms with E-state index in [4.69, 9.17) is 24.4 Å². The summed E-state index contributed by atoms with van der Waals surface area (Å²) in [5.41, 5.74) is 0.800. The van der Waals surface area contributed by atoms with Crippen molar-refractivity contribution in [3.63, 3.8) is 0 Å². The normalized spacial score (nSPS) is 20.0. The second-order valence-electron chi connectivity index (χ2n) is 10.8. The molecule has 0 bridgehead atoms. The monoisotopic (exact) mass is 666 g/mol. The van der Waals surface area contributed by atoms with Gasteiger partial charge in [0, 0.05) is 0 Å². The van der Waals surface area contributed by atoms with Gasteiger partial charge in [0.1, 0.15) is 0 Å². The number of hydrogen-bond acceptors (Lipinski definition) is 7. The zero-order valence-corrected chi connectivity index (χ0v) is 24.7. The van der Waals surface area contributed by atoms with Crippen LogP contribution >= 0.6 is 0 Å². The van der Waals surface area contributed by atoms with Crippen molar-refractivity contribution in [1.82, 2.24) is 0 Å². The van der Waals surface area contributed by atoms with Crippen LogP contribution in [0.3, 0.4) is 0 Å². The summed E-state index contributed by atoms with van der Waals surface area (Å²) in [5.74, 6) is -2.18. The first-order chi connectivity index (χ1) is 15.7. The molecule has 204 valence electrons. The molecule has 2 N–H and O–H groups in total. The van der Waals surface area contributed by atoms with Crippen LogP contribution in [-0.2, 0) is 41.2 Å². The third-order valence-electron chi connectivity index (χ3n) is 5.33. The maximum atomic E-state index is 10.5. The number of esters is 2. The quantitative estimate of drug-likeness (QED) is 0.357. The molecular formula is C24H46N2O7Os-2. The van der Waals surface area contributed by atoms with Crippen LogP contribution in [0.5, 0.6) is 0 Å². The van der Waals surface area contributed by atoms with E-state index in [1.54, 1.807) is 0 Å². The fourth-order valence-corrected chi connectivity index (χ4v) is 3.15. The summed E-state index contributed by atoms with van der Waals surface area (Å²) in [4.78, 5) is 21.1. The first kappa shape index (κ1) is 35.4. The number of ether oxygens (including phenoxy) is 2. The van der Waals surface area contributed by atoms with E-state index in [0.717, 1.165) is 27.3 Å². The van der Waals surface area contributed by atoms with E-state index in [-0.39, 0.29) is 0 Å². The molecule has 1 aliphatic rings. The molecule has 1 rings (SSSR count). The van der Waals surface area contributed by atoms with E-state index in [1.807, 2.05) is 0 Å². The van der Waals surface area contributed by atoms with E-state index < -0.39 is 24.1 Å². The minimum atomic E-state index is -1.90. The van der Waals surface area contributed by atoms with Gasteiger partial charge in [0.05, 0.1) is 14.2 Å². The first-order valence-corrected chi connectivity index (χ1v) is 12.7. The van der Waals surface area contributed by atoms with Gasteiger partial charge in [0.15, 0.2) is 12.2 Å². The second kappa shape index (κ2) is 18.5. The topological polar surface area (TPSA) is 138 Å². The second-order valence-corrected chi connectivity index (χ2v) is 10.8. The number of aliphatic hydroxyl groups is 2. The van der Waals surface area contributed by atoms with E-state index in [9.17, 15) is 9.59 Å². The molecule has 1 unspecified atom stereocenters. The van der Waals surface area contributed by atoms with Crippen LogP contribution < -0.4 is 0 Å². The minimum absolute atomic E-state index is 0.400. The van der Waals surface area contributed by atoms with Crippen LogP contribution in [0.4, 0.5) is 0 Å². The van der Waals surface area contributed by atoms with Gasteiger partial charge >= 0.3 is 34.0 Å². The number of carbonyl (C=O) groups is 2. The molecule has 0 spiro atoms. The molecule has 1 saturated carbocycles. The van der Waals surface area contributed by atoms with E-state index >= 15 is 0 Å². The molecule has 0 aromatic heterocycles. The fraction of sp³-hybridized carbons (Fsp3) is 0.917. The predicted molar refractivity (Wildman–Crippen MR) is 127 cm³/mol. The molecule has 0 aromatic rings. The van der Waals surface area contributed by atoms with Gasteiger partial charge in [-0.05, 0) is 10.8 Å². The van der Waals surface area contributed by atoms with Gasteiger partial charge in [0.25, 0.3) is 0 Å². The molecule has 1 fully saturated rings. The Morgan fingerprint density at radius 3 is 1.32 bits per heavy atom. The summed E-state index contributed by atoms with van der Waals surface area (Å²) in [6.07, 6.45) is 3.78. The Morgan fingerprint density at radius 1 is 0.794 bits per heavy atom. The Balaban J connectivity index is 0. The van der Waals surface area contributed by atoms with Gasteiger partial charge in [-0.1, -0.05) is 80.1 Å². The third-order valence-corrected chi connectivity index (χ3v) is 5.33. The SMILES string of the molecule is CC(C)(C)CC[N-]C1CCCC[C@H]1[N-]CCC(C)(C)C.COC(=O)[C@@H](O)[C@H](O)C(=O)OC.[O]=[Os]. The Morgan fingerprint density at radius 2 is 1.09 bits per heavy atom. The zero-order chi connectivity index (χ0) is 26.9. The van der Waals surface area contributed by atoms with Crippen LogP contribution in [-0.4, -0.2) is 73.8 Å². The van der Waals surface area contributed by atoms with Crippen molar-refractivity contribution in [3.8, 4) is 0 Å². The number of methoxy groups -OCH3 is 2. The average Bonchev–Trinajstić information content (AvgIpc) is 2.78. The van der Waals surface area contributed by atoms with Crippen molar-refractivity contribution in [1.29, 1.82) is 0 Å². The molecule has 34 heavy (non-hydrogen) atoms. The standard InChI is InChI=1S/C18H36N2.C6H10O6.O.Os/c1-17(2,3)11-13-19-15-9-7-8-10-16(15)20-14-12-18(4,5)6;1-11-5(9)3(7)4(8)6(10)12-2;;/h15-16H,7-14H2,1-6H3;3-4,7-8H,1-2H3;;/q-2;;;/t15-,16?;3-,4-;;/m10../s1. The third kappa shape index (κ3) is 17.6. The van der Waals surface area contributed by atoms with Crippen LogP contribution in [0.2, 0.25) is 0 Å². The number of aliphatic hydroxyl groups excluding tert-OH is 2. The van der Waals surface area contributed by atoms with Crippen molar-refractivity contribution in [2.75, 3.05) is 27.3 Å². The van der Waals surface area contributed by atoms with Crippen molar-refractivity contribution in [2.45, 2.75) is 104 Å². The number of hydrogen-bond donors (Lipinski definition) is 2. The summed E-state index contributed by atoms with van der Waals surface area (Å²) < 4.78 is 16.4. The summed E-state index contributed by atoms with van der Waals surface area (Å²) in [6, 6.07) is 1.01. The van der Waals surface area contributed by atoms with Gasteiger partial charge in [0.2, 0.25) is 0 Å². The predicted octanol–water partition coefficient (Wildman–Crippen LogP) is 3.85. The molecule has 0 radical (unpaired) electrons. The first-order valence-electron chi connectivity index (χ1n) is 11.7. The zero-order valence-electron chi connectivity index (χ0n) is 22.1. The Kier molecular flexibility index (Phi) is 19.2. The van der Waals surface area contributed by atoms with Crippen molar-refractivity contribution in [3.05, 3.63) is 10.6 Å². The molecule has 0 aromatic carbocycles. The number of nitrogens with zero attached hydrogens (tertiary/aromatic N) is 2. The van der Waals surface area contributed by atoms with Crippen molar-refractivity contribution in [2.24, 2.45) is 10.8 Å².